The largest absolute Gasteiger partial charge is 0.495 e. The summed E-state index contributed by atoms with van der Waals surface area (Å²) in [6, 6.07) is 9.87. The van der Waals surface area contributed by atoms with Gasteiger partial charge in [0.1, 0.15) is 11.5 Å². The van der Waals surface area contributed by atoms with E-state index in [1.807, 2.05) is 6.92 Å². The topological polar surface area (TPSA) is 84.9 Å². The molecule has 1 heterocycles. The number of piperidine rings is 1. The lowest BCUT2D eigenvalue weighted by Crippen LogP contribution is -2.43. The summed E-state index contributed by atoms with van der Waals surface area (Å²) in [5.74, 6) is 0.0759. The lowest BCUT2D eigenvalue weighted by molar-refractivity contribution is -0.120. The highest BCUT2D eigenvalue weighted by atomic mass is 35.5. The zero-order valence-corrected chi connectivity index (χ0v) is 18.7. The number of halogens is 1. The average Bonchev–Trinajstić information content (AvgIpc) is 2.74. The first kappa shape index (κ1) is 22.4. The van der Waals surface area contributed by atoms with Crippen LogP contribution in [0.4, 0.5) is 5.69 Å². The summed E-state index contributed by atoms with van der Waals surface area (Å²) in [6.07, 6.45) is 1.20. The van der Waals surface area contributed by atoms with Gasteiger partial charge in [0.25, 0.3) is 0 Å². The fraction of sp³-hybridized carbons (Fsp3) is 0.381. The molecule has 2 aromatic rings. The molecule has 0 aromatic heterocycles. The number of ether oxygens (including phenoxy) is 2. The molecule has 1 fully saturated rings. The molecule has 1 N–H and O–H groups in total. The zero-order valence-electron chi connectivity index (χ0n) is 17.1. The summed E-state index contributed by atoms with van der Waals surface area (Å²) >= 11 is 6.17. The molecule has 0 unspecified atom stereocenters. The molecule has 30 heavy (non-hydrogen) atoms. The van der Waals surface area contributed by atoms with Crippen LogP contribution in [-0.4, -0.2) is 45.9 Å². The Labute approximate surface area is 182 Å². The molecular weight excluding hydrogens is 428 g/mol. The number of carbonyl (C=O) groups is 1. The third-order valence-corrected chi connectivity index (χ3v) is 7.32. The van der Waals surface area contributed by atoms with E-state index >= 15 is 0 Å². The summed E-state index contributed by atoms with van der Waals surface area (Å²) in [4.78, 5) is 13.1. The number of hydrogen-bond acceptors (Lipinski definition) is 5. The fourth-order valence-corrected chi connectivity index (χ4v) is 5.19. The van der Waals surface area contributed by atoms with E-state index in [0.717, 1.165) is 5.56 Å². The van der Waals surface area contributed by atoms with Gasteiger partial charge in [0.2, 0.25) is 15.9 Å². The molecule has 0 spiro atoms. The van der Waals surface area contributed by atoms with Gasteiger partial charge in [-0.3, -0.25) is 4.79 Å². The number of rotatable bonds is 6. The Morgan fingerprint density at radius 1 is 1.13 bits per heavy atom. The number of hydrogen-bond donors (Lipinski definition) is 1. The van der Waals surface area contributed by atoms with E-state index in [-0.39, 0.29) is 17.3 Å². The highest BCUT2D eigenvalue weighted by Gasteiger charge is 2.33. The van der Waals surface area contributed by atoms with Gasteiger partial charge in [0, 0.05) is 19.2 Å². The van der Waals surface area contributed by atoms with Crippen molar-refractivity contribution < 1.29 is 22.7 Å². The van der Waals surface area contributed by atoms with Crippen molar-refractivity contribution in [2.75, 3.05) is 32.6 Å². The molecule has 0 bridgehead atoms. The standard InChI is InChI=1S/C21H25ClN2O5S/c1-14-6-8-16(9-7-14)30(26,27)24-10-4-5-15(13-24)21(25)23-18-11-17(22)19(28-2)12-20(18)29-3/h6-9,11-12,15H,4-5,10,13H2,1-3H3,(H,23,25)/t15-/m0/s1. The molecule has 0 aliphatic carbocycles. The Balaban J connectivity index is 1.76. The van der Waals surface area contributed by atoms with Crippen LogP contribution in [0.15, 0.2) is 41.3 Å². The molecule has 1 amide bonds. The monoisotopic (exact) mass is 452 g/mol. The van der Waals surface area contributed by atoms with E-state index < -0.39 is 15.9 Å². The predicted octanol–water partition coefficient (Wildman–Crippen LogP) is 3.71. The zero-order chi connectivity index (χ0) is 21.9. The summed E-state index contributed by atoms with van der Waals surface area (Å²) in [6.45, 7) is 2.41. The smallest absolute Gasteiger partial charge is 0.243 e. The second kappa shape index (κ2) is 9.24. The molecule has 1 aliphatic rings. The maximum atomic E-state index is 13.0. The third kappa shape index (κ3) is 4.71. The Bertz CT molecular complexity index is 1020. The van der Waals surface area contributed by atoms with Gasteiger partial charge in [0.05, 0.1) is 35.7 Å². The van der Waals surface area contributed by atoms with Crippen molar-refractivity contribution in [1.82, 2.24) is 4.31 Å². The van der Waals surface area contributed by atoms with Crippen LogP contribution in [0, 0.1) is 12.8 Å². The highest BCUT2D eigenvalue weighted by molar-refractivity contribution is 7.89. The Hall–Kier alpha value is -2.29. The second-order valence-corrected chi connectivity index (χ2v) is 9.54. The van der Waals surface area contributed by atoms with Gasteiger partial charge in [-0.25, -0.2) is 8.42 Å². The van der Waals surface area contributed by atoms with Crippen LogP contribution >= 0.6 is 11.6 Å². The number of nitrogens with one attached hydrogen (secondary N) is 1. The Kier molecular flexibility index (Phi) is 6.90. The first-order valence-corrected chi connectivity index (χ1v) is 11.4. The molecule has 1 saturated heterocycles. The number of carbonyl (C=O) groups excluding carboxylic acids is 1. The van der Waals surface area contributed by atoms with Crippen LogP contribution in [0.2, 0.25) is 5.02 Å². The lowest BCUT2D eigenvalue weighted by atomic mass is 9.98. The lowest BCUT2D eigenvalue weighted by Gasteiger charge is -2.31. The van der Waals surface area contributed by atoms with E-state index in [4.69, 9.17) is 21.1 Å². The van der Waals surface area contributed by atoms with Gasteiger partial charge in [-0.2, -0.15) is 4.31 Å². The summed E-state index contributed by atoms with van der Waals surface area (Å²) < 4.78 is 37.8. The van der Waals surface area contributed by atoms with Gasteiger partial charge in [-0.05, 0) is 38.0 Å². The van der Waals surface area contributed by atoms with Gasteiger partial charge in [-0.1, -0.05) is 29.3 Å². The summed E-state index contributed by atoms with van der Waals surface area (Å²) in [7, 11) is -0.685. The van der Waals surface area contributed by atoms with E-state index in [1.54, 1.807) is 36.4 Å². The summed E-state index contributed by atoms with van der Waals surface area (Å²) in [5, 5.41) is 3.15. The molecule has 0 saturated carbocycles. The van der Waals surface area contributed by atoms with Crippen molar-refractivity contribution in [2.24, 2.45) is 5.92 Å². The van der Waals surface area contributed by atoms with Gasteiger partial charge in [0.15, 0.2) is 0 Å². The number of aryl methyl sites for hydroxylation is 1. The van der Waals surface area contributed by atoms with Crippen molar-refractivity contribution in [2.45, 2.75) is 24.7 Å². The van der Waals surface area contributed by atoms with Crippen LogP contribution in [0.25, 0.3) is 0 Å². The molecular formula is C21H25ClN2O5S. The van der Waals surface area contributed by atoms with Crippen LogP contribution in [-0.2, 0) is 14.8 Å². The number of sulfonamides is 1. The quantitative estimate of drug-likeness (QED) is 0.722. The molecule has 0 radical (unpaired) electrons. The second-order valence-electron chi connectivity index (χ2n) is 7.19. The average molecular weight is 453 g/mol. The third-order valence-electron chi connectivity index (χ3n) is 5.15. The fourth-order valence-electron chi connectivity index (χ4n) is 3.43. The van der Waals surface area contributed by atoms with Crippen molar-refractivity contribution in [3.8, 4) is 11.5 Å². The molecule has 9 heteroatoms. The SMILES string of the molecule is COc1cc(OC)c(NC(=O)[C@H]2CCCN(S(=O)(=O)c3ccc(C)cc3)C2)cc1Cl. The molecule has 162 valence electrons. The first-order valence-electron chi connectivity index (χ1n) is 9.55. The maximum absolute atomic E-state index is 13.0. The van der Waals surface area contributed by atoms with Crippen molar-refractivity contribution >= 4 is 33.2 Å². The molecule has 1 atom stereocenters. The minimum absolute atomic E-state index is 0.119. The van der Waals surface area contributed by atoms with Crippen LogP contribution in [0.1, 0.15) is 18.4 Å². The molecule has 7 nitrogen and oxygen atoms in total. The van der Waals surface area contributed by atoms with Gasteiger partial charge >= 0.3 is 0 Å². The Morgan fingerprint density at radius 3 is 2.43 bits per heavy atom. The van der Waals surface area contributed by atoms with E-state index in [2.05, 4.69) is 5.32 Å². The van der Waals surface area contributed by atoms with Crippen molar-refractivity contribution in [1.29, 1.82) is 0 Å². The number of nitrogens with zero attached hydrogens (tertiary/aromatic N) is 1. The van der Waals surface area contributed by atoms with Crippen molar-refractivity contribution in [3.05, 3.63) is 47.0 Å². The minimum Gasteiger partial charge on any atom is -0.495 e. The van der Waals surface area contributed by atoms with Crippen LogP contribution < -0.4 is 14.8 Å². The predicted molar refractivity (Wildman–Crippen MR) is 116 cm³/mol. The number of methoxy groups -OCH3 is 2. The maximum Gasteiger partial charge on any atom is 0.243 e. The molecule has 3 rings (SSSR count). The molecule has 1 aliphatic heterocycles. The van der Waals surface area contributed by atoms with Gasteiger partial charge in [-0.15, -0.1) is 0 Å². The van der Waals surface area contributed by atoms with Crippen LogP contribution in [0.3, 0.4) is 0 Å². The van der Waals surface area contributed by atoms with E-state index in [1.165, 1.54) is 18.5 Å². The molecule has 2 aromatic carbocycles. The first-order chi connectivity index (χ1) is 14.3. The number of amides is 1. The number of benzene rings is 2. The summed E-state index contributed by atoms with van der Waals surface area (Å²) in [5.41, 5.74) is 1.39. The van der Waals surface area contributed by atoms with Crippen molar-refractivity contribution in [3.63, 3.8) is 0 Å². The normalized spacial score (nSPS) is 17.4. The minimum atomic E-state index is -3.66. The van der Waals surface area contributed by atoms with Gasteiger partial charge < -0.3 is 14.8 Å². The van der Waals surface area contributed by atoms with E-state index in [0.29, 0.717) is 41.6 Å². The number of anilines is 1. The highest BCUT2D eigenvalue weighted by Crippen LogP contribution is 2.36. The Morgan fingerprint density at radius 2 is 1.80 bits per heavy atom. The van der Waals surface area contributed by atoms with E-state index in [9.17, 15) is 13.2 Å². The van der Waals surface area contributed by atoms with Crippen LogP contribution in [0.5, 0.6) is 11.5 Å².